The first-order valence-electron chi connectivity index (χ1n) is 9.01. The summed E-state index contributed by atoms with van der Waals surface area (Å²) in [6.45, 7) is 4.71. The second-order valence-electron chi connectivity index (χ2n) is 6.23. The van der Waals surface area contributed by atoms with Crippen LogP contribution in [0.1, 0.15) is 25.3 Å². The smallest absolute Gasteiger partial charge is 0.244 e. The molecule has 144 valence electrons. The second kappa shape index (κ2) is 10.6. The van der Waals surface area contributed by atoms with Crippen LogP contribution in [0.4, 0.5) is 5.69 Å². The summed E-state index contributed by atoms with van der Waals surface area (Å²) in [7, 11) is 0. The van der Waals surface area contributed by atoms with Crippen molar-refractivity contribution in [2.24, 2.45) is 0 Å². The van der Waals surface area contributed by atoms with Gasteiger partial charge in [-0.05, 0) is 49.2 Å². The quantitative estimate of drug-likeness (QED) is 0.696. The maximum atomic E-state index is 12.5. The van der Waals surface area contributed by atoms with Gasteiger partial charge in [0.25, 0.3) is 0 Å². The Balaban J connectivity index is 1.85. The average Bonchev–Trinajstić information content (AvgIpc) is 2.65. The van der Waals surface area contributed by atoms with Crippen LogP contribution in [-0.2, 0) is 9.59 Å². The van der Waals surface area contributed by atoms with Gasteiger partial charge in [0.1, 0.15) is 5.75 Å². The Morgan fingerprint density at radius 1 is 1.11 bits per heavy atom. The lowest BCUT2D eigenvalue weighted by atomic mass is 10.2. The Bertz CT molecular complexity index is 762. The zero-order valence-electron chi connectivity index (χ0n) is 15.7. The van der Waals surface area contributed by atoms with Gasteiger partial charge in [-0.2, -0.15) is 0 Å². The van der Waals surface area contributed by atoms with Crippen molar-refractivity contribution in [1.29, 1.82) is 0 Å². The fourth-order valence-corrected chi connectivity index (χ4v) is 2.71. The molecule has 0 bridgehead atoms. The molecule has 5 nitrogen and oxygen atoms in total. The Kier molecular flexibility index (Phi) is 8.14. The topological polar surface area (TPSA) is 58.6 Å². The van der Waals surface area contributed by atoms with Crippen molar-refractivity contribution in [3.8, 4) is 5.75 Å². The number of para-hydroxylation sites is 1. The molecule has 0 fully saturated rings. The molecule has 2 rings (SSSR count). The molecule has 0 aliphatic rings. The van der Waals surface area contributed by atoms with E-state index < -0.39 is 0 Å². The van der Waals surface area contributed by atoms with E-state index in [0.717, 1.165) is 17.7 Å². The third kappa shape index (κ3) is 6.94. The van der Waals surface area contributed by atoms with Crippen molar-refractivity contribution in [2.45, 2.75) is 26.7 Å². The molecule has 27 heavy (non-hydrogen) atoms. The van der Waals surface area contributed by atoms with Crippen molar-refractivity contribution in [2.75, 3.05) is 25.0 Å². The van der Waals surface area contributed by atoms with E-state index in [1.807, 2.05) is 38.1 Å². The number of nitrogens with zero attached hydrogens (tertiary/aromatic N) is 1. The van der Waals surface area contributed by atoms with Gasteiger partial charge in [-0.15, -0.1) is 0 Å². The van der Waals surface area contributed by atoms with Gasteiger partial charge >= 0.3 is 0 Å². The normalized spacial score (nSPS) is 10.3. The molecule has 1 N–H and O–H groups in total. The van der Waals surface area contributed by atoms with Gasteiger partial charge in [-0.3, -0.25) is 9.59 Å². The van der Waals surface area contributed by atoms with Crippen LogP contribution in [0.3, 0.4) is 0 Å². The molecule has 2 aromatic rings. The number of amides is 2. The molecule has 0 aliphatic carbocycles. The third-order valence-corrected chi connectivity index (χ3v) is 4.25. The lowest BCUT2D eigenvalue weighted by Gasteiger charge is -2.22. The van der Waals surface area contributed by atoms with E-state index in [4.69, 9.17) is 16.3 Å². The van der Waals surface area contributed by atoms with Gasteiger partial charge in [0.2, 0.25) is 11.8 Å². The van der Waals surface area contributed by atoms with E-state index in [9.17, 15) is 9.59 Å². The van der Waals surface area contributed by atoms with E-state index >= 15 is 0 Å². The van der Waals surface area contributed by atoms with Crippen LogP contribution in [0.25, 0.3) is 0 Å². The second-order valence-corrected chi connectivity index (χ2v) is 6.67. The summed E-state index contributed by atoms with van der Waals surface area (Å²) >= 11 is 5.83. The zero-order chi connectivity index (χ0) is 19.6. The highest BCUT2D eigenvalue weighted by atomic mass is 35.5. The molecule has 6 heteroatoms. The fraction of sp³-hybridized carbons (Fsp3) is 0.333. The van der Waals surface area contributed by atoms with E-state index in [-0.39, 0.29) is 31.4 Å². The first kappa shape index (κ1) is 20.8. The number of nitrogens with one attached hydrogen (secondary N) is 1. The summed E-state index contributed by atoms with van der Waals surface area (Å²) < 4.78 is 5.57. The molecule has 0 saturated carbocycles. The van der Waals surface area contributed by atoms with Gasteiger partial charge in [0.05, 0.1) is 19.6 Å². The standard InChI is InChI=1S/C21H25ClN2O3/c1-3-13-24(15-20(25)23-19-7-5-4-6-16(19)2)21(26)12-14-27-18-10-8-17(22)9-11-18/h4-11H,3,12-15H2,1-2H3,(H,23,25). The number of ether oxygens (including phenoxy) is 1. The van der Waals surface area contributed by atoms with Gasteiger partial charge < -0.3 is 15.0 Å². The molecular formula is C21H25ClN2O3. The predicted molar refractivity (Wildman–Crippen MR) is 108 cm³/mol. The van der Waals surface area contributed by atoms with E-state index in [0.29, 0.717) is 17.3 Å². The van der Waals surface area contributed by atoms with Gasteiger partial charge in [-0.1, -0.05) is 36.7 Å². The number of hydrogen-bond acceptors (Lipinski definition) is 3. The number of anilines is 1. The number of aryl methyl sites for hydroxylation is 1. The SMILES string of the molecule is CCCN(CC(=O)Nc1ccccc1C)C(=O)CCOc1ccc(Cl)cc1. The first-order chi connectivity index (χ1) is 13.0. The van der Waals surface area contributed by atoms with E-state index in [1.165, 1.54) is 0 Å². The molecular weight excluding hydrogens is 364 g/mol. The fourth-order valence-electron chi connectivity index (χ4n) is 2.58. The molecule has 0 saturated heterocycles. The molecule has 0 unspecified atom stereocenters. The highest BCUT2D eigenvalue weighted by Gasteiger charge is 2.17. The number of benzene rings is 2. The minimum Gasteiger partial charge on any atom is -0.493 e. The van der Waals surface area contributed by atoms with Gasteiger partial charge in [-0.25, -0.2) is 0 Å². The monoisotopic (exact) mass is 388 g/mol. The molecule has 0 aliphatic heterocycles. The van der Waals surface area contributed by atoms with Crippen LogP contribution in [0.5, 0.6) is 5.75 Å². The number of halogens is 1. The van der Waals surface area contributed by atoms with Crippen molar-refractivity contribution < 1.29 is 14.3 Å². The Labute approximate surface area is 165 Å². The molecule has 0 heterocycles. The summed E-state index contributed by atoms with van der Waals surface area (Å²) in [5.41, 5.74) is 1.74. The molecule has 0 atom stereocenters. The van der Waals surface area contributed by atoms with Crippen molar-refractivity contribution >= 4 is 29.1 Å². The number of hydrogen-bond donors (Lipinski definition) is 1. The Morgan fingerprint density at radius 2 is 1.81 bits per heavy atom. The Morgan fingerprint density at radius 3 is 2.48 bits per heavy atom. The van der Waals surface area contributed by atoms with Crippen LogP contribution in [0.15, 0.2) is 48.5 Å². The maximum absolute atomic E-state index is 12.5. The first-order valence-corrected chi connectivity index (χ1v) is 9.39. The van der Waals surface area contributed by atoms with Crippen LogP contribution >= 0.6 is 11.6 Å². The molecule has 0 spiro atoms. The molecule has 0 aromatic heterocycles. The number of rotatable bonds is 9. The lowest BCUT2D eigenvalue weighted by Crippen LogP contribution is -2.39. The maximum Gasteiger partial charge on any atom is 0.244 e. The molecule has 2 aromatic carbocycles. The minimum absolute atomic E-state index is 0.0297. The van der Waals surface area contributed by atoms with Crippen LogP contribution in [0.2, 0.25) is 5.02 Å². The van der Waals surface area contributed by atoms with Crippen LogP contribution in [-0.4, -0.2) is 36.4 Å². The van der Waals surface area contributed by atoms with Crippen LogP contribution < -0.4 is 10.1 Å². The summed E-state index contributed by atoms with van der Waals surface area (Å²) in [6, 6.07) is 14.5. The van der Waals surface area contributed by atoms with Gasteiger partial charge in [0.15, 0.2) is 0 Å². The highest BCUT2D eigenvalue weighted by Crippen LogP contribution is 2.16. The minimum atomic E-state index is -0.204. The van der Waals surface area contributed by atoms with Crippen molar-refractivity contribution in [3.63, 3.8) is 0 Å². The highest BCUT2D eigenvalue weighted by molar-refractivity contribution is 6.30. The third-order valence-electron chi connectivity index (χ3n) is 4.00. The summed E-state index contributed by atoms with van der Waals surface area (Å²) in [6.07, 6.45) is 0.988. The summed E-state index contributed by atoms with van der Waals surface area (Å²) in [5.74, 6) is 0.349. The number of carbonyl (C=O) groups excluding carboxylic acids is 2. The number of carbonyl (C=O) groups is 2. The summed E-state index contributed by atoms with van der Waals surface area (Å²) in [5, 5.41) is 3.50. The van der Waals surface area contributed by atoms with Crippen LogP contribution in [0, 0.1) is 6.92 Å². The largest absolute Gasteiger partial charge is 0.493 e. The lowest BCUT2D eigenvalue weighted by molar-refractivity contribution is -0.135. The predicted octanol–water partition coefficient (Wildman–Crippen LogP) is 4.29. The Hall–Kier alpha value is -2.53. The van der Waals surface area contributed by atoms with Crippen molar-refractivity contribution in [1.82, 2.24) is 4.90 Å². The van der Waals surface area contributed by atoms with E-state index in [1.54, 1.807) is 29.2 Å². The molecule has 2 amide bonds. The van der Waals surface area contributed by atoms with Gasteiger partial charge in [0, 0.05) is 17.3 Å². The average molecular weight is 389 g/mol. The van der Waals surface area contributed by atoms with Crippen molar-refractivity contribution in [3.05, 3.63) is 59.1 Å². The molecule has 0 radical (unpaired) electrons. The zero-order valence-corrected chi connectivity index (χ0v) is 16.5. The van der Waals surface area contributed by atoms with E-state index in [2.05, 4.69) is 5.32 Å². The summed E-state index contributed by atoms with van der Waals surface area (Å²) in [4.78, 5) is 26.4.